The van der Waals surface area contributed by atoms with E-state index in [1.807, 2.05) is 55.5 Å². The minimum absolute atomic E-state index is 0.509. The van der Waals surface area contributed by atoms with Crippen LogP contribution in [0.2, 0.25) is 0 Å². The lowest BCUT2D eigenvalue weighted by atomic mass is 10.0. The molecule has 2 N–H and O–H groups in total. The molecule has 356 valence electrons. The zero-order valence-corrected chi connectivity index (χ0v) is 39.9. The molecule has 0 radical (unpaired) electrons. The number of likely N-dealkylation sites (tertiary alicyclic amines) is 2. The molecule has 2 aliphatic heterocycles. The maximum atomic E-state index is 6.60. The average Bonchev–Trinajstić information content (AvgIpc) is 4.24. The maximum absolute atomic E-state index is 6.60. The van der Waals surface area contributed by atoms with Crippen molar-refractivity contribution in [2.24, 2.45) is 11.8 Å². The Morgan fingerprint density at radius 2 is 1.26 bits per heavy atom. The first-order valence-corrected chi connectivity index (χ1v) is 24.8. The second kappa shape index (κ2) is 21.3. The Bertz CT molecular complexity index is 2780. The van der Waals surface area contributed by atoms with E-state index in [-0.39, 0.29) is 0 Å². The molecule has 7 heterocycles. The number of anilines is 3. The van der Waals surface area contributed by atoms with Crippen molar-refractivity contribution in [3.05, 3.63) is 96.7 Å². The summed E-state index contributed by atoms with van der Waals surface area (Å²) in [5.41, 5.74) is 6.05. The molecule has 3 fully saturated rings. The van der Waals surface area contributed by atoms with E-state index in [0.717, 1.165) is 137 Å². The second-order valence-corrected chi connectivity index (χ2v) is 18.8. The van der Waals surface area contributed by atoms with Crippen LogP contribution >= 0.6 is 0 Å². The third-order valence-corrected chi connectivity index (χ3v) is 13.9. The van der Waals surface area contributed by atoms with E-state index in [2.05, 4.69) is 49.7 Å². The lowest BCUT2D eigenvalue weighted by molar-refractivity contribution is 0.250. The molecule has 1 atom stereocenters. The van der Waals surface area contributed by atoms with Crippen LogP contribution in [0.4, 0.5) is 17.1 Å². The Kier molecular flexibility index (Phi) is 14.3. The van der Waals surface area contributed by atoms with Gasteiger partial charge in [0.1, 0.15) is 22.9 Å². The summed E-state index contributed by atoms with van der Waals surface area (Å²) in [7, 11) is 3.39. The SMILES string of the molecule is COc1cc2c(NCC3CCCC3)cc(-c3ccc(CC4CCN(CCCOc5cc6nc(-c7ccc(C)o7)cc(Nc7ccncc7)c6cc5OC)C4)o3)nc2cc1OCCCN1CCCC1. The lowest BCUT2D eigenvalue weighted by Gasteiger charge is -2.18. The molecule has 10 rings (SSSR count). The van der Waals surface area contributed by atoms with Crippen molar-refractivity contribution in [1.82, 2.24) is 24.8 Å². The van der Waals surface area contributed by atoms with Crippen LogP contribution in [0, 0.1) is 18.8 Å². The quantitative estimate of drug-likeness (QED) is 0.0663. The molecular formula is C55H65N7O6. The van der Waals surface area contributed by atoms with Crippen LogP contribution in [0.3, 0.4) is 0 Å². The number of hydrogen-bond donors (Lipinski definition) is 2. The maximum Gasteiger partial charge on any atom is 0.163 e. The number of methoxy groups -OCH3 is 2. The van der Waals surface area contributed by atoms with Gasteiger partial charge in [0.15, 0.2) is 34.5 Å². The third kappa shape index (κ3) is 10.8. The van der Waals surface area contributed by atoms with Crippen LogP contribution < -0.4 is 29.6 Å². The molecule has 2 aromatic carbocycles. The van der Waals surface area contributed by atoms with Crippen LogP contribution in [-0.2, 0) is 6.42 Å². The summed E-state index contributed by atoms with van der Waals surface area (Å²) in [6.45, 7) is 10.5. The molecule has 13 nitrogen and oxygen atoms in total. The molecule has 7 aromatic rings. The van der Waals surface area contributed by atoms with E-state index < -0.39 is 0 Å². The fourth-order valence-corrected chi connectivity index (χ4v) is 10.3. The summed E-state index contributed by atoms with van der Waals surface area (Å²) in [6, 6.07) is 24.2. The number of hydrogen-bond acceptors (Lipinski definition) is 13. The van der Waals surface area contributed by atoms with Gasteiger partial charge in [-0.15, -0.1) is 0 Å². The molecule has 13 heteroatoms. The number of nitrogens with one attached hydrogen (secondary N) is 2. The highest BCUT2D eigenvalue weighted by Crippen LogP contribution is 2.40. The number of furan rings is 2. The van der Waals surface area contributed by atoms with E-state index in [1.54, 1.807) is 26.6 Å². The average molecular weight is 920 g/mol. The van der Waals surface area contributed by atoms with Gasteiger partial charge in [-0.3, -0.25) is 4.98 Å². The van der Waals surface area contributed by atoms with Gasteiger partial charge in [0.05, 0.1) is 44.2 Å². The van der Waals surface area contributed by atoms with E-state index in [4.69, 9.17) is 37.7 Å². The molecule has 0 spiro atoms. The highest BCUT2D eigenvalue weighted by molar-refractivity contribution is 5.97. The summed E-state index contributed by atoms with van der Waals surface area (Å²) in [4.78, 5) is 19.4. The number of ether oxygens (including phenoxy) is 4. The summed E-state index contributed by atoms with van der Waals surface area (Å²) < 4.78 is 37.1. The summed E-state index contributed by atoms with van der Waals surface area (Å²) in [6.07, 6.45) is 15.2. The molecule has 5 aromatic heterocycles. The Morgan fingerprint density at radius 1 is 0.632 bits per heavy atom. The van der Waals surface area contributed by atoms with Gasteiger partial charge < -0.3 is 48.2 Å². The van der Waals surface area contributed by atoms with Crippen molar-refractivity contribution in [3.8, 4) is 45.9 Å². The fraction of sp³-hybridized carbons (Fsp3) is 0.436. The van der Waals surface area contributed by atoms with Gasteiger partial charge in [-0.2, -0.15) is 0 Å². The largest absolute Gasteiger partial charge is 0.493 e. The number of benzene rings is 2. The Balaban J connectivity index is 0.774. The smallest absolute Gasteiger partial charge is 0.163 e. The van der Waals surface area contributed by atoms with Gasteiger partial charge in [0, 0.05) is 79.3 Å². The number of rotatable bonds is 21. The third-order valence-electron chi connectivity index (χ3n) is 13.9. The van der Waals surface area contributed by atoms with Crippen LogP contribution in [0.1, 0.15) is 69.3 Å². The summed E-state index contributed by atoms with van der Waals surface area (Å²) in [5, 5.41) is 9.29. The van der Waals surface area contributed by atoms with Gasteiger partial charge >= 0.3 is 0 Å². The zero-order valence-electron chi connectivity index (χ0n) is 39.9. The van der Waals surface area contributed by atoms with Crippen molar-refractivity contribution in [2.45, 2.75) is 71.1 Å². The molecule has 3 aliphatic rings. The van der Waals surface area contributed by atoms with E-state index in [0.29, 0.717) is 42.3 Å². The highest BCUT2D eigenvalue weighted by Gasteiger charge is 2.25. The number of nitrogens with zero attached hydrogens (tertiary/aromatic N) is 5. The molecule has 1 aliphatic carbocycles. The van der Waals surface area contributed by atoms with E-state index >= 15 is 0 Å². The topological polar surface area (TPSA) is 132 Å². The molecular weight excluding hydrogens is 855 g/mol. The summed E-state index contributed by atoms with van der Waals surface area (Å²) >= 11 is 0. The van der Waals surface area contributed by atoms with E-state index in [9.17, 15) is 0 Å². The Labute approximate surface area is 399 Å². The standard InChI is InChI=1S/C55H65N7O6/c1-37-12-14-50(67-37)49-32-45(58-40-16-19-56-20-17-40)43-30-53(64-3)55(34-47(43)60-49)66-27-9-24-62-25-18-39(36-62)28-41-13-15-51(68-41)48-31-44(57-35-38-10-4-5-11-38)42-29-52(63-2)54(33-46(42)59-48)65-26-8-23-61-21-6-7-22-61/h12-17,19-20,29-34,38-39H,4-11,18,21-28,35-36H2,1-3H3,(H,57,59)(H,56,58,60). The fourth-order valence-electron chi connectivity index (χ4n) is 10.3. The highest BCUT2D eigenvalue weighted by atomic mass is 16.5. The predicted molar refractivity (Wildman–Crippen MR) is 269 cm³/mol. The molecule has 0 bridgehead atoms. The van der Waals surface area contributed by atoms with Gasteiger partial charge in [0.2, 0.25) is 0 Å². The van der Waals surface area contributed by atoms with Crippen LogP contribution in [0.5, 0.6) is 23.0 Å². The Morgan fingerprint density at radius 3 is 1.93 bits per heavy atom. The first kappa shape index (κ1) is 45.5. The minimum Gasteiger partial charge on any atom is -0.493 e. The molecule has 0 amide bonds. The second-order valence-electron chi connectivity index (χ2n) is 18.8. The van der Waals surface area contributed by atoms with Crippen molar-refractivity contribution in [1.29, 1.82) is 0 Å². The first-order valence-electron chi connectivity index (χ1n) is 24.8. The molecule has 68 heavy (non-hydrogen) atoms. The van der Waals surface area contributed by atoms with Crippen molar-refractivity contribution in [2.75, 3.05) is 83.9 Å². The van der Waals surface area contributed by atoms with E-state index in [1.165, 1.54) is 51.6 Å². The normalized spacial score (nSPS) is 16.8. The first-order chi connectivity index (χ1) is 33.4. The summed E-state index contributed by atoms with van der Waals surface area (Å²) in [5.74, 6) is 7.30. The number of pyridine rings is 3. The van der Waals surface area contributed by atoms with Crippen LogP contribution in [-0.4, -0.2) is 98.0 Å². The van der Waals surface area contributed by atoms with Crippen LogP contribution in [0.15, 0.2) is 94.0 Å². The predicted octanol–water partition coefficient (Wildman–Crippen LogP) is 11.6. The van der Waals surface area contributed by atoms with Crippen molar-refractivity contribution in [3.63, 3.8) is 0 Å². The number of fused-ring (bicyclic) bond motifs is 2. The molecule has 1 unspecified atom stereocenters. The van der Waals surface area contributed by atoms with Gasteiger partial charge in [0.25, 0.3) is 0 Å². The van der Waals surface area contributed by atoms with Crippen molar-refractivity contribution < 1.29 is 27.8 Å². The molecule has 2 saturated heterocycles. The number of aryl methyl sites for hydroxylation is 1. The van der Waals surface area contributed by atoms with Gasteiger partial charge in [-0.1, -0.05) is 12.8 Å². The molecule has 1 saturated carbocycles. The monoisotopic (exact) mass is 919 g/mol. The lowest BCUT2D eigenvalue weighted by Crippen LogP contribution is -2.23. The minimum atomic E-state index is 0.509. The number of aromatic nitrogens is 3. The van der Waals surface area contributed by atoms with Crippen molar-refractivity contribution >= 4 is 38.9 Å². The van der Waals surface area contributed by atoms with Crippen LogP contribution in [0.25, 0.3) is 44.7 Å². The zero-order chi connectivity index (χ0) is 46.2. The Hall–Kier alpha value is -6.31. The van der Waals surface area contributed by atoms with Gasteiger partial charge in [-0.05, 0) is 144 Å². The van der Waals surface area contributed by atoms with Gasteiger partial charge in [-0.25, -0.2) is 9.97 Å².